The maximum atomic E-state index is 12.0. The molecule has 124 valence electrons. The van der Waals surface area contributed by atoms with Gasteiger partial charge in [-0.15, -0.1) is 0 Å². The van der Waals surface area contributed by atoms with Crippen molar-refractivity contribution < 1.29 is 14.3 Å². The van der Waals surface area contributed by atoms with Crippen molar-refractivity contribution in [1.82, 2.24) is 10.3 Å². The highest BCUT2D eigenvalue weighted by molar-refractivity contribution is 6.04. The number of benzene rings is 1. The van der Waals surface area contributed by atoms with Crippen LogP contribution in [-0.2, 0) is 16.1 Å². The minimum absolute atomic E-state index is 0.0681. The number of rotatable bonds is 5. The summed E-state index contributed by atoms with van der Waals surface area (Å²) in [7, 11) is 0. The number of carbonyl (C=O) groups excluding carboxylic acids is 2. The fourth-order valence-corrected chi connectivity index (χ4v) is 2.49. The third-order valence-electron chi connectivity index (χ3n) is 3.82. The Labute approximate surface area is 140 Å². The van der Waals surface area contributed by atoms with Crippen molar-refractivity contribution >= 4 is 17.5 Å². The van der Waals surface area contributed by atoms with E-state index in [0.717, 1.165) is 18.4 Å². The molecule has 24 heavy (non-hydrogen) atoms. The molecule has 0 saturated carbocycles. The fourth-order valence-electron chi connectivity index (χ4n) is 2.49. The van der Waals surface area contributed by atoms with Crippen molar-refractivity contribution in [2.45, 2.75) is 25.5 Å². The third-order valence-corrected chi connectivity index (χ3v) is 3.82. The summed E-state index contributed by atoms with van der Waals surface area (Å²) in [4.78, 5) is 27.9. The Hall–Kier alpha value is -2.73. The molecule has 1 aliphatic heterocycles. The zero-order chi connectivity index (χ0) is 16.8. The molecule has 1 saturated heterocycles. The van der Waals surface area contributed by atoms with Crippen molar-refractivity contribution in [1.29, 1.82) is 0 Å². The average Bonchev–Trinajstić information content (AvgIpc) is 3.16. The van der Waals surface area contributed by atoms with E-state index in [0.29, 0.717) is 24.4 Å². The van der Waals surface area contributed by atoms with E-state index in [9.17, 15) is 9.59 Å². The normalized spacial score (nSPS) is 16.6. The lowest BCUT2D eigenvalue weighted by Gasteiger charge is -2.11. The first-order valence-corrected chi connectivity index (χ1v) is 7.92. The predicted octanol–water partition coefficient (Wildman–Crippen LogP) is 2.13. The third kappa shape index (κ3) is 4.17. The minimum Gasteiger partial charge on any atom is -0.368 e. The molecule has 1 aromatic heterocycles. The molecule has 1 fully saturated rings. The molecule has 2 amide bonds. The van der Waals surface area contributed by atoms with Crippen LogP contribution in [0, 0.1) is 0 Å². The van der Waals surface area contributed by atoms with Crippen LogP contribution in [0.2, 0.25) is 0 Å². The van der Waals surface area contributed by atoms with Gasteiger partial charge in [0.2, 0.25) is 5.91 Å². The zero-order valence-corrected chi connectivity index (χ0v) is 13.2. The molecule has 1 aliphatic rings. The lowest BCUT2D eigenvalue weighted by atomic mass is 10.2. The van der Waals surface area contributed by atoms with Gasteiger partial charge in [0.1, 0.15) is 6.10 Å². The maximum Gasteiger partial charge on any atom is 0.257 e. The molecule has 0 spiro atoms. The number of ether oxygens (including phenoxy) is 1. The molecule has 3 rings (SSSR count). The first-order valence-electron chi connectivity index (χ1n) is 7.92. The number of aromatic nitrogens is 1. The van der Waals surface area contributed by atoms with Crippen LogP contribution in [0.4, 0.5) is 5.69 Å². The van der Waals surface area contributed by atoms with Gasteiger partial charge < -0.3 is 15.4 Å². The Balaban J connectivity index is 1.51. The highest BCUT2D eigenvalue weighted by atomic mass is 16.5. The van der Waals surface area contributed by atoms with E-state index in [-0.39, 0.29) is 17.9 Å². The number of hydrogen-bond donors (Lipinski definition) is 2. The molecular formula is C18H19N3O3. The molecule has 1 unspecified atom stereocenters. The molecule has 6 nitrogen and oxygen atoms in total. The molecule has 6 heteroatoms. The number of anilines is 1. The van der Waals surface area contributed by atoms with Gasteiger partial charge in [-0.25, -0.2) is 0 Å². The predicted molar refractivity (Wildman–Crippen MR) is 89.5 cm³/mol. The molecule has 0 radical (unpaired) electrons. The molecule has 1 aromatic carbocycles. The topological polar surface area (TPSA) is 80.3 Å². The number of amides is 2. The summed E-state index contributed by atoms with van der Waals surface area (Å²) >= 11 is 0. The summed E-state index contributed by atoms with van der Waals surface area (Å²) in [5, 5.41) is 5.68. The number of nitrogens with zero attached hydrogens (tertiary/aromatic N) is 1. The highest BCUT2D eigenvalue weighted by Crippen LogP contribution is 2.13. The van der Waals surface area contributed by atoms with Gasteiger partial charge in [-0.1, -0.05) is 12.1 Å². The second kappa shape index (κ2) is 7.70. The molecule has 2 aromatic rings. The van der Waals surface area contributed by atoms with Crippen LogP contribution < -0.4 is 10.6 Å². The van der Waals surface area contributed by atoms with E-state index in [1.807, 2.05) is 24.3 Å². The maximum absolute atomic E-state index is 12.0. The van der Waals surface area contributed by atoms with Crippen LogP contribution in [0.1, 0.15) is 28.8 Å². The quantitative estimate of drug-likeness (QED) is 0.882. The summed E-state index contributed by atoms with van der Waals surface area (Å²) in [6.07, 6.45) is 4.54. The average molecular weight is 325 g/mol. The molecule has 2 heterocycles. The Morgan fingerprint density at radius 2 is 2.04 bits per heavy atom. The van der Waals surface area contributed by atoms with Crippen LogP contribution in [0.25, 0.3) is 0 Å². The van der Waals surface area contributed by atoms with Gasteiger partial charge in [-0.2, -0.15) is 0 Å². The Bertz CT molecular complexity index is 695. The van der Waals surface area contributed by atoms with Gasteiger partial charge in [0, 0.05) is 31.2 Å². The van der Waals surface area contributed by atoms with Crippen LogP contribution in [-0.4, -0.2) is 29.5 Å². The fraction of sp³-hybridized carbons (Fsp3) is 0.278. The van der Waals surface area contributed by atoms with Crippen molar-refractivity contribution in [2.24, 2.45) is 0 Å². The van der Waals surface area contributed by atoms with Crippen LogP contribution in [0.3, 0.4) is 0 Å². The SMILES string of the molecule is O=C(Nc1ccc(CNC(=O)C2CCCO2)cc1)c1cccnc1. The van der Waals surface area contributed by atoms with E-state index in [1.54, 1.807) is 18.3 Å². The standard InChI is InChI=1S/C18H19N3O3/c22-17(14-3-1-9-19-12-14)21-15-7-5-13(6-8-15)11-20-18(23)16-4-2-10-24-16/h1,3,5-9,12,16H,2,4,10-11H2,(H,20,23)(H,21,22). The van der Waals surface area contributed by atoms with Gasteiger partial charge in [0.15, 0.2) is 0 Å². The van der Waals surface area contributed by atoms with Crippen LogP contribution in [0.5, 0.6) is 0 Å². The lowest BCUT2D eigenvalue weighted by molar-refractivity contribution is -0.130. The summed E-state index contributed by atoms with van der Waals surface area (Å²) in [5.41, 5.74) is 2.16. The lowest BCUT2D eigenvalue weighted by Crippen LogP contribution is -2.33. The van der Waals surface area contributed by atoms with Gasteiger partial charge in [0.25, 0.3) is 5.91 Å². The van der Waals surface area contributed by atoms with Gasteiger partial charge in [-0.3, -0.25) is 14.6 Å². The second-order valence-electron chi connectivity index (χ2n) is 5.61. The molecule has 2 N–H and O–H groups in total. The number of carbonyl (C=O) groups is 2. The Morgan fingerprint density at radius 1 is 1.21 bits per heavy atom. The van der Waals surface area contributed by atoms with E-state index < -0.39 is 0 Å². The largest absolute Gasteiger partial charge is 0.368 e. The van der Waals surface area contributed by atoms with Crippen LogP contribution >= 0.6 is 0 Å². The molecule has 1 atom stereocenters. The first-order chi connectivity index (χ1) is 11.7. The smallest absolute Gasteiger partial charge is 0.257 e. The molecule has 0 aliphatic carbocycles. The van der Waals surface area contributed by atoms with Gasteiger partial charge >= 0.3 is 0 Å². The highest BCUT2D eigenvalue weighted by Gasteiger charge is 2.22. The van der Waals surface area contributed by atoms with E-state index in [1.165, 1.54) is 6.20 Å². The van der Waals surface area contributed by atoms with Gasteiger partial charge in [-0.05, 0) is 42.7 Å². The summed E-state index contributed by atoms with van der Waals surface area (Å²) in [6.45, 7) is 1.10. The monoisotopic (exact) mass is 325 g/mol. The first kappa shape index (κ1) is 16.1. The number of nitrogens with one attached hydrogen (secondary N) is 2. The van der Waals surface area contributed by atoms with Crippen molar-refractivity contribution in [3.05, 3.63) is 59.9 Å². The van der Waals surface area contributed by atoms with E-state index in [4.69, 9.17) is 4.74 Å². The van der Waals surface area contributed by atoms with Gasteiger partial charge in [0.05, 0.1) is 5.56 Å². The second-order valence-corrected chi connectivity index (χ2v) is 5.61. The summed E-state index contributed by atoms with van der Waals surface area (Å²) in [5.74, 6) is -0.274. The number of pyridine rings is 1. The van der Waals surface area contributed by atoms with Crippen molar-refractivity contribution in [3.8, 4) is 0 Å². The summed E-state index contributed by atoms with van der Waals surface area (Å²) < 4.78 is 5.34. The molecule has 0 bridgehead atoms. The van der Waals surface area contributed by atoms with E-state index in [2.05, 4.69) is 15.6 Å². The van der Waals surface area contributed by atoms with Crippen LogP contribution in [0.15, 0.2) is 48.8 Å². The zero-order valence-electron chi connectivity index (χ0n) is 13.2. The van der Waals surface area contributed by atoms with Crippen molar-refractivity contribution in [3.63, 3.8) is 0 Å². The van der Waals surface area contributed by atoms with E-state index >= 15 is 0 Å². The Morgan fingerprint density at radius 3 is 2.71 bits per heavy atom. The summed E-state index contributed by atoms with van der Waals surface area (Å²) in [6, 6.07) is 10.8. The minimum atomic E-state index is -0.317. The Kier molecular flexibility index (Phi) is 5.18. The molecular weight excluding hydrogens is 306 g/mol. The number of hydrogen-bond acceptors (Lipinski definition) is 4. The van der Waals surface area contributed by atoms with Crippen molar-refractivity contribution in [2.75, 3.05) is 11.9 Å².